The number of nitrogens with two attached hydrogens (primary N) is 1. The van der Waals surface area contributed by atoms with Gasteiger partial charge in [0.1, 0.15) is 0 Å². The Morgan fingerprint density at radius 2 is 1.74 bits per heavy atom. The molecule has 19 heavy (non-hydrogen) atoms. The molecule has 2 N–H and O–H groups in total. The Bertz CT molecular complexity index is 256. The van der Waals surface area contributed by atoms with Crippen molar-refractivity contribution in [2.75, 3.05) is 13.1 Å². The van der Waals surface area contributed by atoms with Crippen LogP contribution < -0.4 is 5.73 Å². The van der Waals surface area contributed by atoms with Gasteiger partial charge in [0.05, 0.1) is 0 Å². The van der Waals surface area contributed by atoms with E-state index in [-0.39, 0.29) is 0 Å². The number of likely N-dealkylation sites (tertiary alicyclic amines) is 1. The Morgan fingerprint density at radius 1 is 1.00 bits per heavy atom. The first kappa shape index (κ1) is 15.3. The molecule has 0 aromatic heterocycles. The zero-order chi connectivity index (χ0) is 13.7. The first-order valence-corrected chi connectivity index (χ1v) is 8.72. The molecule has 1 unspecified atom stereocenters. The minimum Gasteiger partial charge on any atom is -0.329 e. The van der Waals surface area contributed by atoms with Gasteiger partial charge in [0, 0.05) is 18.1 Å². The maximum Gasteiger partial charge on any atom is 0.0334 e. The zero-order valence-electron chi connectivity index (χ0n) is 13.2. The van der Waals surface area contributed by atoms with Crippen molar-refractivity contribution in [2.24, 2.45) is 11.7 Å². The molecule has 2 aliphatic rings. The molecule has 1 saturated heterocycles. The maximum atomic E-state index is 6.28. The van der Waals surface area contributed by atoms with Crippen molar-refractivity contribution in [3.63, 3.8) is 0 Å². The fraction of sp³-hybridized carbons (Fsp3) is 1.00. The molecular formula is C17H34N2. The number of rotatable bonds is 4. The molecule has 0 bridgehead atoms. The van der Waals surface area contributed by atoms with E-state index in [1.54, 1.807) is 0 Å². The van der Waals surface area contributed by atoms with Crippen LogP contribution in [0.1, 0.15) is 78.1 Å². The van der Waals surface area contributed by atoms with E-state index in [1.807, 2.05) is 0 Å². The largest absolute Gasteiger partial charge is 0.329 e. The second-order valence-corrected chi connectivity index (χ2v) is 6.88. The zero-order valence-corrected chi connectivity index (χ0v) is 13.2. The van der Waals surface area contributed by atoms with Gasteiger partial charge in [0.25, 0.3) is 0 Å². The van der Waals surface area contributed by atoms with Crippen LogP contribution in [0.25, 0.3) is 0 Å². The van der Waals surface area contributed by atoms with Gasteiger partial charge in [-0.2, -0.15) is 0 Å². The quantitative estimate of drug-likeness (QED) is 0.835. The lowest BCUT2D eigenvalue weighted by molar-refractivity contribution is 0.00730. The van der Waals surface area contributed by atoms with Gasteiger partial charge < -0.3 is 5.73 Å². The minimum atomic E-state index is 0.344. The van der Waals surface area contributed by atoms with Crippen LogP contribution in [0.4, 0.5) is 0 Å². The molecule has 1 saturated carbocycles. The molecule has 1 aliphatic carbocycles. The summed E-state index contributed by atoms with van der Waals surface area (Å²) in [5.74, 6) is 0.965. The van der Waals surface area contributed by atoms with E-state index in [4.69, 9.17) is 5.73 Å². The van der Waals surface area contributed by atoms with E-state index in [0.717, 1.165) is 18.5 Å². The summed E-state index contributed by atoms with van der Waals surface area (Å²) in [7, 11) is 0. The molecule has 2 rings (SSSR count). The average molecular weight is 266 g/mol. The lowest BCUT2D eigenvalue weighted by Gasteiger charge is -2.50. The molecule has 112 valence electrons. The number of hydrogen-bond acceptors (Lipinski definition) is 2. The van der Waals surface area contributed by atoms with Crippen LogP contribution in [-0.4, -0.2) is 29.6 Å². The predicted octanol–water partition coefficient (Wildman–Crippen LogP) is 3.94. The third kappa shape index (κ3) is 3.33. The van der Waals surface area contributed by atoms with Crippen LogP contribution >= 0.6 is 0 Å². The van der Waals surface area contributed by atoms with Gasteiger partial charge in [-0.15, -0.1) is 0 Å². The van der Waals surface area contributed by atoms with E-state index in [9.17, 15) is 0 Å². The van der Waals surface area contributed by atoms with Gasteiger partial charge in [-0.05, 0) is 57.4 Å². The van der Waals surface area contributed by atoms with Crippen LogP contribution in [0.2, 0.25) is 0 Å². The maximum absolute atomic E-state index is 6.28. The van der Waals surface area contributed by atoms with Crippen LogP contribution in [0.5, 0.6) is 0 Å². The molecule has 1 aliphatic heterocycles. The predicted molar refractivity (Wildman–Crippen MR) is 83.3 cm³/mol. The third-order valence-electron chi connectivity index (χ3n) is 5.95. The highest BCUT2D eigenvalue weighted by Gasteiger charge is 2.41. The molecule has 1 atom stereocenters. The van der Waals surface area contributed by atoms with Gasteiger partial charge >= 0.3 is 0 Å². The summed E-state index contributed by atoms with van der Waals surface area (Å²) in [6.07, 6.45) is 13.8. The van der Waals surface area contributed by atoms with Gasteiger partial charge in [-0.25, -0.2) is 0 Å². The van der Waals surface area contributed by atoms with Crippen molar-refractivity contribution in [2.45, 2.75) is 89.6 Å². The first-order valence-electron chi connectivity index (χ1n) is 8.72. The highest BCUT2D eigenvalue weighted by Crippen LogP contribution is 2.40. The SMILES string of the molecule is CCC1CCC(CN)(N2CCCCCC2CC)CC1. The molecule has 0 amide bonds. The van der Waals surface area contributed by atoms with Crippen molar-refractivity contribution < 1.29 is 0 Å². The van der Waals surface area contributed by atoms with E-state index in [2.05, 4.69) is 18.7 Å². The lowest BCUT2D eigenvalue weighted by atomic mass is 9.73. The highest BCUT2D eigenvalue weighted by molar-refractivity contribution is 4.98. The standard InChI is InChI=1S/C17H34N2/c1-3-15-9-11-17(14-18,12-10-15)19-13-7-5-6-8-16(19)4-2/h15-16H,3-14,18H2,1-2H3. The fourth-order valence-corrected chi connectivity index (χ4v) is 4.46. The monoisotopic (exact) mass is 266 g/mol. The Labute approximate surface area is 120 Å². The number of hydrogen-bond donors (Lipinski definition) is 1. The summed E-state index contributed by atoms with van der Waals surface area (Å²) >= 11 is 0. The second-order valence-electron chi connectivity index (χ2n) is 6.88. The molecular weight excluding hydrogens is 232 g/mol. The summed E-state index contributed by atoms with van der Waals surface area (Å²) in [6.45, 7) is 6.89. The first-order chi connectivity index (χ1) is 9.25. The van der Waals surface area contributed by atoms with E-state index in [1.165, 1.54) is 70.8 Å². The Balaban J connectivity index is 2.09. The molecule has 1 heterocycles. The Morgan fingerprint density at radius 3 is 2.32 bits per heavy atom. The van der Waals surface area contributed by atoms with Crippen molar-refractivity contribution >= 4 is 0 Å². The number of nitrogens with zero attached hydrogens (tertiary/aromatic N) is 1. The van der Waals surface area contributed by atoms with Crippen molar-refractivity contribution in [3.05, 3.63) is 0 Å². The van der Waals surface area contributed by atoms with Crippen LogP contribution in [0.3, 0.4) is 0 Å². The van der Waals surface area contributed by atoms with Gasteiger partial charge in [-0.1, -0.05) is 33.1 Å². The lowest BCUT2D eigenvalue weighted by Crippen LogP contribution is -2.59. The Kier molecular flexibility index (Phi) is 5.70. The minimum absolute atomic E-state index is 0.344. The van der Waals surface area contributed by atoms with Crippen LogP contribution in [-0.2, 0) is 0 Å². The van der Waals surface area contributed by atoms with Crippen LogP contribution in [0, 0.1) is 5.92 Å². The van der Waals surface area contributed by atoms with E-state index >= 15 is 0 Å². The molecule has 0 radical (unpaired) electrons. The normalized spacial score (nSPS) is 38.1. The molecule has 0 spiro atoms. The van der Waals surface area contributed by atoms with Gasteiger partial charge in [0.2, 0.25) is 0 Å². The van der Waals surface area contributed by atoms with Crippen LogP contribution in [0.15, 0.2) is 0 Å². The van der Waals surface area contributed by atoms with Gasteiger partial charge in [-0.3, -0.25) is 4.90 Å². The molecule has 2 heteroatoms. The second kappa shape index (κ2) is 7.08. The summed E-state index contributed by atoms with van der Waals surface area (Å²) in [5.41, 5.74) is 6.63. The highest BCUT2D eigenvalue weighted by atomic mass is 15.2. The van der Waals surface area contributed by atoms with E-state index in [0.29, 0.717) is 5.54 Å². The van der Waals surface area contributed by atoms with Gasteiger partial charge in [0.15, 0.2) is 0 Å². The summed E-state index contributed by atoms with van der Waals surface area (Å²) < 4.78 is 0. The van der Waals surface area contributed by atoms with Crippen molar-refractivity contribution in [1.82, 2.24) is 4.90 Å². The van der Waals surface area contributed by atoms with Crippen molar-refractivity contribution in [1.29, 1.82) is 0 Å². The molecule has 2 nitrogen and oxygen atoms in total. The smallest absolute Gasteiger partial charge is 0.0334 e. The average Bonchev–Trinajstić information content (AvgIpc) is 2.73. The molecule has 2 fully saturated rings. The third-order valence-corrected chi connectivity index (χ3v) is 5.95. The van der Waals surface area contributed by atoms with E-state index < -0.39 is 0 Å². The topological polar surface area (TPSA) is 29.3 Å². The summed E-state index contributed by atoms with van der Waals surface area (Å²) in [5, 5.41) is 0. The summed E-state index contributed by atoms with van der Waals surface area (Å²) in [4.78, 5) is 2.85. The fourth-order valence-electron chi connectivity index (χ4n) is 4.46. The molecule has 0 aromatic carbocycles. The summed E-state index contributed by atoms with van der Waals surface area (Å²) in [6, 6.07) is 0.796. The molecule has 0 aromatic rings. The Hall–Kier alpha value is -0.0800. The van der Waals surface area contributed by atoms with Crippen molar-refractivity contribution in [3.8, 4) is 0 Å².